The van der Waals surface area contributed by atoms with Gasteiger partial charge in [-0.2, -0.15) is 0 Å². The maximum atomic E-state index is 6.19. The number of unbranched alkanes of at least 4 members (excludes halogenated alkanes) is 5. The van der Waals surface area contributed by atoms with Crippen LogP contribution in [0.5, 0.6) is 0 Å². The van der Waals surface area contributed by atoms with E-state index >= 15 is 0 Å². The second kappa shape index (κ2) is 9.12. The van der Waals surface area contributed by atoms with Crippen LogP contribution in [0, 0.1) is 0 Å². The van der Waals surface area contributed by atoms with Crippen LogP contribution in [-0.4, -0.2) is 33.2 Å². The van der Waals surface area contributed by atoms with Crippen molar-refractivity contribution in [2.24, 2.45) is 0 Å². The molecule has 0 spiro atoms. The fraction of sp³-hybridized carbons (Fsp3) is 1.00. The fourth-order valence-corrected chi connectivity index (χ4v) is 3.18. The lowest BCUT2D eigenvalue weighted by atomic mass is 10.1. The Morgan fingerprint density at radius 1 is 1.00 bits per heavy atom. The SMILES string of the molecule is CCCCCCCCC(C)O[Si](C)(C)N(C)C. The molecule has 0 heterocycles. The van der Waals surface area contributed by atoms with E-state index < -0.39 is 8.48 Å². The standard InChI is InChI=1S/C14H33NOSi/c1-7-8-9-10-11-12-13-14(2)16-17(5,6)15(3)4/h14H,7-13H2,1-6H3. The Kier molecular flexibility index (Phi) is 9.19. The van der Waals surface area contributed by atoms with Crippen molar-refractivity contribution in [3.8, 4) is 0 Å². The van der Waals surface area contributed by atoms with E-state index in [0.717, 1.165) is 0 Å². The van der Waals surface area contributed by atoms with E-state index in [1.54, 1.807) is 0 Å². The molecule has 1 atom stereocenters. The Bertz CT molecular complexity index is 183. The molecule has 0 rings (SSSR count). The second-order valence-electron chi connectivity index (χ2n) is 5.83. The molecule has 0 saturated carbocycles. The van der Waals surface area contributed by atoms with E-state index in [-0.39, 0.29) is 0 Å². The van der Waals surface area contributed by atoms with Gasteiger partial charge < -0.3 is 8.99 Å². The van der Waals surface area contributed by atoms with Gasteiger partial charge in [0.05, 0.1) is 0 Å². The zero-order valence-electron chi connectivity index (χ0n) is 12.9. The van der Waals surface area contributed by atoms with E-state index in [9.17, 15) is 0 Å². The molecule has 0 aliphatic heterocycles. The Labute approximate surface area is 110 Å². The number of nitrogens with zero attached hydrogens (tertiary/aromatic N) is 1. The van der Waals surface area contributed by atoms with Crippen molar-refractivity contribution in [2.45, 2.75) is 78.0 Å². The van der Waals surface area contributed by atoms with Gasteiger partial charge >= 0.3 is 0 Å². The summed E-state index contributed by atoms with van der Waals surface area (Å²) in [5, 5.41) is 0. The van der Waals surface area contributed by atoms with E-state index in [1.165, 1.54) is 44.9 Å². The molecule has 0 bridgehead atoms. The van der Waals surface area contributed by atoms with Crippen molar-refractivity contribution in [3.63, 3.8) is 0 Å². The van der Waals surface area contributed by atoms with Crippen molar-refractivity contribution in [3.05, 3.63) is 0 Å². The van der Waals surface area contributed by atoms with Crippen LogP contribution in [0.25, 0.3) is 0 Å². The summed E-state index contributed by atoms with van der Waals surface area (Å²) in [5.41, 5.74) is 0. The van der Waals surface area contributed by atoms with Gasteiger partial charge in [0.15, 0.2) is 0 Å². The zero-order chi connectivity index (χ0) is 13.3. The minimum atomic E-state index is -1.59. The van der Waals surface area contributed by atoms with E-state index in [0.29, 0.717) is 6.10 Å². The maximum Gasteiger partial charge on any atom is 0.264 e. The van der Waals surface area contributed by atoms with Crippen molar-refractivity contribution >= 4 is 8.48 Å². The maximum absolute atomic E-state index is 6.19. The summed E-state index contributed by atoms with van der Waals surface area (Å²) < 4.78 is 8.46. The number of hydrogen-bond acceptors (Lipinski definition) is 2. The third-order valence-electron chi connectivity index (χ3n) is 3.53. The molecule has 0 fully saturated rings. The van der Waals surface area contributed by atoms with Crippen LogP contribution in [0.15, 0.2) is 0 Å². The third kappa shape index (κ3) is 8.81. The molecule has 3 heteroatoms. The van der Waals surface area contributed by atoms with Gasteiger partial charge in [0.25, 0.3) is 8.48 Å². The molecule has 0 amide bonds. The molecule has 0 aliphatic carbocycles. The van der Waals surface area contributed by atoms with Crippen LogP contribution in [0.1, 0.15) is 58.8 Å². The zero-order valence-corrected chi connectivity index (χ0v) is 13.9. The monoisotopic (exact) mass is 259 g/mol. The minimum absolute atomic E-state index is 0.422. The predicted octanol–water partition coefficient (Wildman–Crippen LogP) is 4.41. The van der Waals surface area contributed by atoms with Crippen molar-refractivity contribution in [1.82, 2.24) is 4.57 Å². The molecule has 0 radical (unpaired) electrons. The van der Waals surface area contributed by atoms with Crippen LogP contribution in [0.3, 0.4) is 0 Å². The highest BCUT2D eigenvalue weighted by Gasteiger charge is 2.27. The van der Waals surface area contributed by atoms with Gasteiger partial charge in [0, 0.05) is 6.10 Å². The molecule has 17 heavy (non-hydrogen) atoms. The Balaban J connectivity index is 3.56. The first-order chi connectivity index (χ1) is 7.90. The highest BCUT2D eigenvalue weighted by atomic mass is 28.4. The highest BCUT2D eigenvalue weighted by molar-refractivity contribution is 6.68. The Hall–Kier alpha value is 0.137. The third-order valence-corrected chi connectivity index (χ3v) is 6.66. The molecule has 0 aromatic heterocycles. The van der Waals surface area contributed by atoms with Gasteiger partial charge in [-0.25, -0.2) is 0 Å². The van der Waals surface area contributed by atoms with Crippen molar-refractivity contribution in [1.29, 1.82) is 0 Å². The topological polar surface area (TPSA) is 12.5 Å². The normalized spacial score (nSPS) is 14.3. The summed E-state index contributed by atoms with van der Waals surface area (Å²) in [4.78, 5) is 0. The second-order valence-corrected chi connectivity index (χ2v) is 9.85. The van der Waals surface area contributed by atoms with Crippen LogP contribution in [-0.2, 0) is 4.43 Å². The lowest BCUT2D eigenvalue weighted by Crippen LogP contribution is -2.48. The lowest BCUT2D eigenvalue weighted by molar-refractivity contribution is 0.173. The molecule has 0 saturated heterocycles. The summed E-state index contributed by atoms with van der Waals surface area (Å²) in [6.07, 6.45) is 9.87. The number of hydrogen-bond donors (Lipinski definition) is 0. The fourth-order valence-electron chi connectivity index (χ4n) is 1.87. The van der Waals surface area contributed by atoms with Crippen molar-refractivity contribution < 1.29 is 4.43 Å². The molecule has 104 valence electrons. The summed E-state index contributed by atoms with van der Waals surface area (Å²) >= 11 is 0. The molecule has 0 aliphatic rings. The molecular formula is C14H33NOSi. The summed E-state index contributed by atoms with van der Waals surface area (Å²) in [5.74, 6) is 0. The number of rotatable bonds is 10. The van der Waals surface area contributed by atoms with Crippen molar-refractivity contribution in [2.75, 3.05) is 14.1 Å². The van der Waals surface area contributed by atoms with Gasteiger partial charge in [-0.3, -0.25) is 0 Å². The molecule has 0 aromatic carbocycles. The van der Waals surface area contributed by atoms with E-state index in [2.05, 4.69) is 45.6 Å². The van der Waals surface area contributed by atoms with Gasteiger partial charge in [0.1, 0.15) is 0 Å². The lowest BCUT2D eigenvalue weighted by Gasteiger charge is -2.32. The smallest absolute Gasteiger partial charge is 0.264 e. The molecule has 0 N–H and O–H groups in total. The Morgan fingerprint density at radius 2 is 1.53 bits per heavy atom. The van der Waals surface area contributed by atoms with Crippen LogP contribution in [0.4, 0.5) is 0 Å². The van der Waals surface area contributed by atoms with E-state index in [4.69, 9.17) is 4.43 Å². The Morgan fingerprint density at radius 3 is 2.06 bits per heavy atom. The van der Waals surface area contributed by atoms with Crippen LogP contribution >= 0.6 is 0 Å². The average Bonchev–Trinajstić information content (AvgIpc) is 2.22. The van der Waals surface area contributed by atoms with Gasteiger partial charge in [-0.1, -0.05) is 45.4 Å². The van der Waals surface area contributed by atoms with E-state index in [1.807, 2.05) is 0 Å². The summed E-state index contributed by atoms with van der Waals surface area (Å²) in [6, 6.07) is 0. The quantitative estimate of drug-likeness (QED) is 0.426. The molecule has 0 aromatic rings. The average molecular weight is 260 g/mol. The summed E-state index contributed by atoms with van der Waals surface area (Å²) in [7, 11) is 2.67. The first-order valence-corrected chi connectivity index (χ1v) is 10.1. The minimum Gasteiger partial charge on any atom is -0.401 e. The largest absolute Gasteiger partial charge is 0.401 e. The first kappa shape index (κ1) is 17.1. The van der Waals surface area contributed by atoms with Crippen LogP contribution in [0.2, 0.25) is 13.1 Å². The van der Waals surface area contributed by atoms with Gasteiger partial charge in [-0.15, -0.1) is 0 Å². The highest BCUT2D eigenvalue weighted by Crippen LogP contribution is 2.15. The summed E-state index contributed by atoms with van der Waals surface area (Å²) in [6.45, 7) is 9.03. The van der Waals surface area contributed by atoms with Gasteiger partial charge in [0.2, 0.25) is 0 Å². The molecule has 2 nitrogen and oxygen atoms in total. The van der Waals surface area contributed by atoms with Gasteiger partial charge in [-0.05, 0) is 40.5 Å². The molecule has 1 unspecified atom stereocenters. The molecular weight excluding hydrogens is 226 g/mol. The first-order valence-electron chi connectivity index (χ1n) is 7.25. The van der Waals surface area contributed by atoms with Crippen LogP contribution < -0.4 is 0 Å². The predicted molar refractivity (Wildman–Crippen MR) is 79.7 cm³/mol.